The van der Waals surface area contributed by atoms with E-state index in [0.29, 0.717) is 4.88 Å². The number of carboxylic acid groups (broad SMARTS) is 1. The highest BCUT2D eigenvalue weighted by molar-refractivity contribution is 7.13. The number of aromatic carboxylic acids is 1. The van der Waals surface area contributed by atoms with Gasteiger partial charge in [0.2, 0.25) is 0 Å². The zero-order chi connectivity index (χ0) is 16.2. The average molecular weight is 333 g/mol. The molecule has 2 aromatic rings. The van der Waals surface area contributed by atoms with Gasteiger partial charge in [-0.3, -0.25) is 4.90 Å². The highest BCUT2D eigenvalue weighted by atomic mass is 32.1. The standard InChI is InChI=1S/C16H19N3O3S/c20-11-12-1-4-15(17-9-12)19-7-5-18(6-8-19)10-13-2-3-14(23-13)16(21)22/h1-4,9,20H,5-8,10-11H2,(H,21,22). The summed E-state index contributed by atoms with van der Waals surface area (Å²) in [6.45, 7) is 4.43. The number of aliphatic hydroxyl groups excluding tert-OH is 1. The lowest BCUT2D eigenvalue weighted by molar-refractivity contribution is 0.0702. The molecule has 1 aliphatic rings. The Labute approximate surface area is 138 Å². The second kappa shape index (κ2) is 7.08. The largest absolute Gasteiger partial charge is 0.477 e. The molecule has 0 aromatic carbocycles. The Bertz CT molecular complexity index is 663. The van der Waals surface area contributed by atoms with Crippen molar-refractivity contribution in [1.29, 1.82) is 0 Å². The van der Waals surface area contributed by atoms with E-state index >= 15 is 0 Å². The van der Waals surface area contributed by atoms with Gasteiger partial charge in [0.1, 0.15) is 10.7 Å². The van der Waals surface area contributed by atoms with Crippen LogP contribution < -0.4 is 4.90 Å². The van der Waals surface area contributed by atoms with Gasteiger partial charge in [0, 0.05) is 43.8 Å². The van der Waals surface area contributed by atoms with Gasteiger partial charge in [-0.25, -0.2) is 9.78 Å². The number of nitrogens with zero attached hydrogens (tertiary/aromatic N) is 3. The normalized spacial score (nSPS) is 15.8. The molecule has 0 amide bonds. The summed E-state index contributed by atoms with van der Waals surface area (Å²) in [5, 5.41) is 18.0. The maximum Gasteiger partial charge on any atom is 0.345 e. The van der Waals surface area contributed by atoms with Gasteiger partial charge in [-0.1, -0.05) is 6.07 Å². The molecule has 0 bridgehead atoms. The Morgan fingerprint density at radius 3 is 2.52 bits per heavy atom. The Balaban J connectivity index is 1.54. The molecule has 0 aliphatic carbocycles. The Morgan fingerprint density at radius 2 is 1.96 bits per heavy atom. The minimum Gasteiger partial charge on any atom is -0.477 e. The zero-order valence-corrected chi connectivity index (χ0v) is 13.5. The van der Waals surface area contributed by atoms with Crippen molar-refractivity contribution in [2.45, 2.75) is 13.2 Å². The van der Waals surface area contributed by atoms with Crippen LogP contribution in [0.2, 0.25) is 0 Å². The van der Waals surface area contributed by atoms with E-state index in [1.54, 1.807) is 12.3 Å². The lowest BCUT2D eigenvalue weighted by atomic mass is 10.2. The number of aromatic nitrogens is 1. The molecule has 1 saturated heterocycles. The van der Waals surface area contributed by atoms with Crippen molar-refractivity contribution >= 4 is 23.1 Å². The van der Waals surface area contributed by atoms with Gasteiger partial charge in [-0.05, 0) is 23.8 Å². The van der Waals surface area contributed by atoms with Crippen LogP contribution in [0.1, 0.15) is 20.1 Å². The predicted octanol–water partition coefficient (Wildman–Crippen LogP) is 1.66. The fourth-order valence-electron chi connectivity index (χ4n) is 2.63. The van der Waals surface area contributed by atoms with E-state index in [1.807, 2.05) is 18.2 Å². The molecule has 0 saturated carbocycles. The van der Waals surface area contributed by atoms with E-state index in [2.05, 4.69) is 14.8 Å². The Morgan fingerprint density at radius 1 is 1.17 bits per heavy atom. The topological polar surface area (TPSA) is 76.9 Å². The number of aliphatic hydroxyl groups is 1. The van der Waals surface area contributed by atoms with Gasteiger partial charge in [-0.2, -0.15) is 0 Å². The summed E-state index contributed by atoms with van der Waals surface area (Å²) < 4.78 is 0. The molecule has 2 N–H and O–H groups in total. The second-order valence-corrected chi connectivity index (χ2v) is 6.69. The molecule has 2 aromatic heterocycles. The van der Waals surface area contributed by atoms with Crippen LogP contribution >= 0.6 is 11.3 Å². The Hall–Kier alpha value is -1.96. The molecule has 122 valence electrons. The summed E-state index contributed by atoms with van der Waals surface area (Å²) in [5.41, 5.74) is 0.819. The van der Waals surface area contributed by atoms with Crippen LogP contribution in [0, 0.1) is 0 Å². The molecule has 0 atom stereocenters. The first-order chi connectivity index (χ1) is 11.2. The minimum absolute atomic E-state index is 0.0141. The molecule has 1 aliphatic heterocycles. The summed E-state index contributed by atoms with van der Waals surface area (Å²) >= 11 is 1.35. The van der Waals surface area contributed by atoms with Crippen LogP contribution in [0.25, 0.3) is 0 Å². The van der Waals surface area contributed by atoms with E-state index < -0.39 is 5.97 Å². The van der Waals surface area contributed by atoms with Crippen molar-refractivity contribution in [1.82, 2.24) is 9.88 Å². The Kier molecular flexibility index (Phi) is 4.90. The monoisotopic (exact) mass is 333 g/mol. The number of pyridine rings is 1. The number of rotatable bonds is 5. The van der Waals surface area contributed by atoms with Gasteiger partial charge in [-0.15, -0.1) is 11.3 Å². The van der Waals surface area contributed by atoms with Gasteiger partial charge in [0.05, 0.1) is 6.61 Å². The molecular weight excluding hydrogens is 314 g/mol. The number of hydrogen-bond donors (Lipinski definition) is 2. The summed E-state index contributed by atoms with van der Waals surface area (Å²) in [6.07, 6.45) is 1.71. The predicted molar refractivity (Wildman–Crippen MR) is 88.9 cm³/mol. The number of thiophene rings is 1. The van der Waals surface area contributed by atoms with Crippen molar-refractivity contribution in [2.24, 2.45) is 0 Å². The number of hydrogen-bond acceptors (Lipinski definition) is 6. The molecule has 1 fully saturated rings. The van der Waals surface area contributed by atoms with E-state index in [-0.39, 0.29) is 6.61 Å². The summed E-state index contributed by atoms with van der Waals surface area (Å²) in [4.78, 5) is 21.3. The maximum atomic E-state index is 10.9. The van der Waals surface area contributed by atoms with Crippen LogP contribution in [0.5, 0.6) is 0 Å². The van der Waals surface area contributed by atoms with Crippen molar-refractivity contribution in [3.05, 3.63) is 45.8 Å². The summed E-state index contributed by atoms with van der Waals surface area (Å²) in [5.74, 6) is 0.0783. The molecule has 23 heavy (non-hydrogen) atoms. The van der Waals surface area contributed by atoms with Crippen LogP contribution in [0.4, 0.5) is 5.82 Å². The average Bonchev–Trinajstić information content (AvgIpc) is 3.04. The fraction of sp³-hybridized carbons (Fsp3) is 0.375. The van der Waals surface area contributed by atoms with Crippen molar-refractivity contribution in [3.63, 3.8) is 0 Å². The number of carbonyl (C=O) groups is 1. The van der Waals surface area contributed by atoms with Gasteiger partial charge in [0.25, 0.3) is 0 Å². The first-order valence-electron chi connectivity index (χ1n) is 7.51. The highest BCUT2D eigenvalue weighted by Gasteiger charge is 2.19. The van der Waals surface area contributed by atoms with Crippen molar-refractivity contribution in [3.8, 4) is 0 Å². The lowest BCUT2D eigenvalue weighted by Crippen LogP contribution is -2.46. The third-order valence-corrected chi connectivity index (χ3v) is 5.00. The number of carboxylic acids is 1. The van der Waals surface area contributed by atoms with Gasteiger partial charge in [0.15, 0.2) is 0 Å². The van der Waals surface area contributed by atoms with Gasteiger partial charge < -0.3 is 15.1 Å². The molecule has 0 unspecified atom stereocenters. The second-order valence-electron chi connectivity index (χ2n) is 5.52. The lowest BCUT2D eigenvalue weighted by Gasteiger charge is -2.35. The van der Waals surface area contributed by atoms with E-state index in [4.69, 9.17) is 10.2 Å². The van der Waals surface area contributed by atoms with Crippen molar-refractivity contribution < 1.29 is 15.0 Å². The zero-order valence-electron chi connectivity index (χ0n) is 12.7. The summed E-state index contributed by atoms with van der Waals surface area (Å²) in [7, 11) is 0. The third-order valence-electron chi connectivity index (χ3n) is 3.94. The van der Waals surface area contributed by atoms with Crippen LogP contribution in [0.3, 0.4) is 0 Å². The van der Waals surface area contributed by atoms with E-state index in [0.717, 1.165) is 49.0 Å². The first kappa shape index (κ1) is 15.9. The van der Waals surface area contributed by atoms with Crippen LogP contribution in [-0.4, -0.2) is 52.2 Å². The smallest absolute Gasteiger partial charge is 0.345 e. The first-order valence-corrected chi connectivity index (χ1v) is 8.32. The quantitative estimate of drug-likeness (QED) is 0.866. The van der Waals surface area contributed by atoms with Crippen LogP contribution in [-0.2, 0) is 13.2 Å². The van der Waals surface area contributed by atoms with E-state index in [1.165, 1.54) is 11.3 Å². The fourth-order valence-corrected chi connectivity index (χ4v) is 3.52. The van der Waals surface area contributed by atoms with Crippen LogP contribution in [0.15, 0.2) is 30.5 Å². The molecular formula is C16H19N3O3S. The number of anilines is 1. The summed E-state index contributed by atoms with van der Waals surface area (Å²) in [6, 6.07) is 7.41. The molecule has 3 heterocycles. The molecule has 0 radical (unpaired) electrons. The maximum absolute atomic E-state index is 10.9. The molecule has 3 rings (SSSR count). The van der Waals surface area contributed by atoms with Gasteiger partial charge >= 0.3 is 5.97 Å². The molecule has 0 spiro atoms. The minimum atomic E-state index is -0.858. The molecule has 7 heteroatoms. The highest BCUT2D eigenvalue weighted by Crippen LogP contribution is 2.20. The van der Waals surface area contributed by atoms with E-state index in [9.17, 15) is 4.79 Å². The van der Waals surface area contributed by atoms with Crippen molar-refractivity contribution in [2.75, 3.05) is 31.1 Å². The SMILES string of the molecule is O=C(O)c1ccc(CN2CCN(c3ccc(CO)cn3)CC2)s1. The third kappa shape index (κ3) is 3.87. The number of piperazine rings is 1. The molecule has 6 nitrogen and oxygen atoms in total.